The first-order valence-electron chi connectivity index (χ1n) is 4.37. The van der Waals surface area contributed by atoms with E-state index in [1.54, 1.807) is 24.5 Å². The van der Waals surface area contributed by atoms with Crippen molar-refractivity contribution in [2.75, 3.05) is 0 Å². The van der Waals surface area contributed by atoms with Gasteiger partial charge in [0.2, 0.25) is 0 Å². The molecule has 0 unspecified atom stereocenters. The maximum Gasteiger partial charge on any atom is 0.336 e. The first-order chi connectivity index (χ1) is 7.66. The van der Waals surface area contributed by atoms with Gasteiger partial charge in [0, 0.05) is 22.3 Å². The van der Waals surface area contributed by atoms with Gasteiger partial charge in [-0.05, 0) is 18.2 Å². The number of carboxylic acid groups (broad SMARTS) is 1. The molecular weight excluding hydrogens is 248 g/mol. The van der Waals surface area contributed by atoms with Crippen molar-refractivity contribution in [2.24, 2.45) is 0 Å². The Morgan fingerprint density at radius 3 is 2.94 bits per heavy atom. The highest BCUT2D eigenvalue weighted by molar-refractivity contribution is 7.99. The van der Waals surface area contributed by atoms with Crippen LogP contribution in [0.15, 0.2) is 40.6 Å². The fourth-order valence-corrected chi connectivity index (χ4v) is 2.30. The Bertz CT molecular complexity index is 514. The van der Waals surface area contributed by atoms with E-state index < -0.39 is 5.97 Å². The number of carbonyl (C=O) groups is 1. The van der Waals surface area contributed by atoms with Crippen molar-refractivity contribution in [2.45, 2.75) is 10.1 Å². The van der Waals surface area contributed by atoms with E-state index in [1.807, 2.05) is 0 Å². The third-order valence-electron chi connectivity index (χ3n) is 1.85. The first kappa shape index (κ1) is 11.0. The molecule has 0 aliphatic carbocycles. The van der Waals surface area contributed by atoms with Crippen molar-refractivity contribution in [3.05, 3.63) is 41.2 Å². The lowest BCUT2D eigenvalue weighted by atomic mass is 10.2. The number of nitrogens with zero attached hydrogens (tertiary/aromatic N) is 1. The number of nitrogens with one attached hydrogen (secondary N) is 1. The molecule has 0 bridgehead atoms. The van der Waals surface area contributed by atoms with Gasteiger partial charge in [0.15, 0.2) is 5.16 Å². The smallest absolute Gasteiger partial charge is 0.336 e. The van der Waals surface area contributed by atoms with Gasteiger partial charge in [0.25, 0.3) is 0 Å². The molecule has 2 N–H and O–H groups in total. The molecule has 0 spiro atoms. The van der Waals surface area contributed by atoms with E-state index in [2.05, 4.69) is 9.97 Å². The minimum Gasteiger partial charge on any atom is -0.478 e. The zero-order valence-electron chi connectivity index (χ0n) is 7.98. The van der Waals surface area contributed by atoms with E-state index >= 15 is 0 Å². The van der Waals surface area contributed by atoms with Crippen LogP contribution >= 0.6 is 23.4 Å². The lowest BCUT2D eigenvalue weighted by Gasteiger charge is -2.03. The Morgan fingerprint density at radius 2 is 2.31 bits per heavy atom. The van der Waals surface area contributed by atoms with Gasteiger partial charge in [-0.25, -0.2) is 9.78 Å². The molecule has 16 heavy (non-hydrogen) atoms. The molecular formula is C10H7ClN2O2S. The molecule has 1 aromatic heterocycles. The van der Waals surface area contributed by atoms with E-state index in [0.29, 0.717) is 15.1 Å². The molecule has 0 saturated heterocycles. The van der Waals surface area contributed by atoms with E-state index in [4.69, 9.17) is 16.7 Å². The Hall–Kier alpha value is -1.46. The van der Waals surface area contributed by atoms with Gasteiger partial charge in [-0.3, -0.25) is 0 Å². The summed E-state index contributed by atoms with van der Waals surface area (Å²) < 4.78 is 0. The largest absolute Gasteiger partial charge is 0.478 e. The van der Waals surface area contributed by atoms with Crippen molar-refractivity contribution in [3.63, 3.8) is 0 Å². The average molecular weight is 255 g/mol. The van der Waals surface area contributed by atoms with Crippen LogP contribution in [0.4, 0.5) is 0 Å². The van der Waals surface area contributed by atoms with Crippen molar-refractivity contribution in [3.8, 4) is 0 Å². The summed E-state index contributed by atoms with van der Waals surface area (Å²) in [5.74, 6) is -0.981. The molecule has 2 aromatic rings. The Balaban J connectivity index is 2.38. The quantitative estimate of drug-likeness (QED) is 0.884. The molecule has 4 nitrogen and oxygen atoms in total. The highest BCUT2D eigenvalue weighted by Gasteiger charge is 2.12. The fraction of sp³-hybridized carbons (Fsp3) is 0. The minimum absolute atomic E-state index is 0.214. The number of H-pyrrole nitrogens is 1. The summed E-state index contributed by atoms with van der Waals surface area (Å²) >= 11 is 7.06. The third-order valence-corrected chi connectivity index (χ3v) is 3.06. The monoisotopic (exact) mass is 254 g/mol. The maximum atomic E-state index is 11.0. The highest BCUT2D eigenvalue weighted by atomic mass is 35.5. The summed E-state index contributed by atoms with van der Waals surface area (Å²) in [7, 11) is 0. The van der Waals surface area contributed by atoms with Crippen LogP contribution < -0.4 is 0 Å². The standard InChI is InChI=1S/C10H7ClN2O2S/c11-6-1-2-7(9(14)15)8(5-6)16-10-12-3-4-13-10/h1-5H,(H,12,13)(H,14,15). The molecule has 1 aromatic carbocycles. The summed E-state index contributed by atoms with van der Waals surface area (Å²) in [5, 5.41) is 10.1. The Labute approximate surface area is 101 Å². The molecule has 0 aliphatic rings. The number of aromatic amines is 1. The van der Waals surface area contributed by atoms with Crippen molar-refractivity contribution >= 4 is 29.3 Å². The Kier molecular flexibility index (Phi) is 3.17. The van der Waals surface area contributed by atoms with E-state index in [1.165, 1.54) is 17.8 Å². The number of benzene rings is 1. The zero-order chi connectivity index (χ0) is 11.5. The molecule has 0 radical (unpaired) electrons. The summed E-state index contributed by atoms with van der Waals surface area (Å²) in [6, 6.07) is 4.64. The minimum atomic E-state index is -0.981. The molecule has 0 fully saturated rings. The van der Waals surface area contributed by atoms with Gasteiger partial charge in [0.1, 0.15) is 0 Å². The number of hydrogen-bond acceptors (Lipinski definition) is 3. The average Bonchev–Trinajstić information content (AvgIpc) is 2.70. The van der Waals surface area contributed by atoms with Crippen LogP contribution in [0.1, 0.15) is 10.4 Å². The second-order valence-corrected chi connectivity index (χ2v) is 4.41. The van der Waals surface area contributed by atoms with Gasteiger partial charge in [-0.1, -0.05) is 23.4 Å². The summed E-state index contributed by atoms with van der Waals surface area (Å²) in [6.45, 7) is 0. The van der Waals surface area contributed by atoms with Crippen molar-refractivity contribution in [1.29, 1.82) is 0 Å². The molecule has 0 aliphatic heterocycles. The molecule has 0 saturated carbocycles. The number of rotatable bonds is 3. The van der Waals surface area contributed by atoms with E-state index in [0.717, 1.165) is 0 Å². The molecule has 0 atom stereocenters. The topological polar surface area (TPSA) is 66.0 Å². The number of aromatic nitrogens is 2. The van der Waals surface area contributed by atoms with Crippen molar-refractivity contribution in [1.82, 2.24) is 9.97 Å². The predicted molar refractivity (Wildman–Crippen MR) is 61.1 cm³/mol. The first-order valence-corrected chi connectivity index (χ1v) is 5.56. The van der Waals surface area contributed by atoms with Crippen LogP contribution in [-0.4, -0.2) is 21.0 Å². The van der Waals surface area contributed by atoms with Crippen molar-refractivity contribution < 1.29 is 9.90 Å². The van der Waals surface area contributed by atoms with Gasteiger partial charge in [-0.15, -0.1) is 0 Å². The van der Waals surface area contributed by atoms with Gasteiger partial charge < -0.3 is 10.1 Å². The Morgan fingerprint density at radius 1 is 1.50 bits per heavy atom. The normalized spacial score (nSPS) is 10.3. The summed E-state index contributed by atoms with van der Waals surface area (Å²) in [4.78, 5) is 18.4. The van der Waals surface area contributed by atoms with Crippen LogP contribution in [0.5, 0.6) is 0 Å². The lowest BCUT2D eigenvalue weighted by molar-refractivity contribution is 0.0693. The lowest BCUT2D eigenvalue weighted by Crippen LogP contribution is -1.98. The summed E-state index contributed by atoms with van der Waals surface area (Å²) in [6.07, 6.45) is 3.28. The van der Waals surface area contributed by atoms with Crippen LogP contribution in [0.2, 0.25) is 5.02 Å². The van der Waals surface area contributed by atoms with Gasteiger partial charge >= 0.3 is 5.97 Å². The number of aromatic carboxylic acids is 1. The molecule has 2 rings (SSSR count). The fourth-order valence-electron chi connectivity index (χ4n) is 1.17. The molecule has 1 heterocycles. The SMILES string of the molecule is O=C(O)c1ccc(Cl)cc1Sc1ncc[nH]1. The number of hydrogen-bond donors (Lipinski definition) is 2. The van der Waals surface area contributed by atoms with E-state index in [9.17, 15) is 4.79 Å². The summed E-state index contributed by atoms with van der Waals surface area (Å²) in [5.41, 5.74) is 0.214. The van der Waals surface area contributed by atoms with Crippen LogP contribution in [0.25, 0.3) is 0 Å². The molecule has 82 valence electrons. The van der Waals surface area contributed by atoms with Gasteiger partial charge in [0.05, 0.1) is 5.56 Å². The van der Waals surface area contributed by atoms with Gasteiger partial charge in [-0.2, -0.15) is 0 Å². The third kappa shape index (κ3) is 2.37. The number of halogens is 1. The number of imidazole rings is 1. The molecule has 6 heteroatoms. The van der Waals surface area contributed by atoms with Crippen LogP contribution in [0, 0.1) is 0 Å². The number of carboxylic acids is 1. The zero-order valence-corrected chi connectivity index (χ0v) is 9.55. The second kappa shape index (κ2) is 4.59. The molecule has 0 amide bonds. The van der Waals surface area contributed by atoms with Crippen LogP contribution in [0.3, 0.4) is 0 Å². The highest BCUT2D eigenvalue weighted by Crippen LogP contribution is 2.30. The van der Waals surface area contributed by atoms with Crippen LogP contribution in [-0.2, 0) is 0 Å². The predicted octanol–water partition coefficient (Wildman–Crippen LogP) is 2.91. The maximum absolute atomic E-state index is 11.0. The second-order valence-electron chi connectivity index (χ2n) is 2.94. The van der Waals surface area contributed by atoms with E-state index in [-0.39, 0.29) is 5.56 Å².